The molecule has 308 valence electrons. The molecule has 57 heavy (non-hydrogen) atoms. The lowest BCUT2D eigenvalue weighted by molar-refractivity contribution is -0.140. The summed E-state index contributed by atoms with van der Waals surface area (Å²) in [6, 6.07) is 7.61. The summed E-state index contributed by atoms with van der Waals surface area (Å²) in [6.45, 7) is -1.24. The van der Waals surface area contributed by atoms with Gasteiger partial charge in [-0.05, 0) is 17.7 Å². The van der Waals surface area contributed by atoms with Crippen molar-refractivity contribution >= 4 is 104 Å². The highest BCUT2D eigenvalue weighted by atomic mass is 35.5. The second-order valence-corrected chi connectivity index (χ2v) is 13.6. The number of hydrogen-bond donors (Lipinski definition) is 5. The van der Waals surface area contributed by atoms with E-state index in [0.29, 0.717) is 0 Å². The topological polar surface area (TPSA) is 291 Å². The summed E-state index contributed by atoms with van der Waals surface area (Å²) in [5.74, 6) is -5.22. The third-order valence-electron chi connectivity index (χ3n) is 5.90. The summed E-state index contributed by atoms with van der Waals surface area (Å²) >= 11 is 27.8. The molecule has 0 radical (unpaired) electrons. The van der Waals surface area contributed by atoms with Crippen molar-refractivity contribution in [1.29, 1.82) is 0 Å². The molecule has 0 aliphatic rings. The molecule has 20 nitrogen and oxygen atoms in total. The van der Waals surface area contributed by atoms with Crippen molar-refractivity contribution in [3.63, 3.8) is 0 Å². The molecule has 0 spiro atoms. The Morgan fingerprint density at radius 3 is 1.91 bits per heavy atom. The third kappa shape index (κ3) is 15.6. The van der Waals surface area contributed by atoms with Crippen molar-refractivity contribution in [3.05, 3.63) is 78.7 Å². The number of nitrogen functional groups attached to an aromatic ring is 1. The van der Waals surface area contributed by atoms with Crippen LogP contribution in [0.15, 0.2) is 36.4 Å². The Hall–Kier alpha value is -5.39. The number of benzene rings is 1. The summed E-state index contributed by atoms with van der Waals surface area (Å²) in [6.07, 6.45) is 0. The van der Waals surface area contributed by atoms with Crippen molar-refractivity contribution in [2.24, 2.45) is 0 Å². The summed E-state index contributed by atoms with van der Waals surface area (Å²) in [4.78, 5) is 58.7. The van der Waals surface area contributed by atoms with Crippen molar-refractivity contribution < 1.29 is 65.9 Å². The van der Waals surface area contributed by atoms with Crippen LogP contribution in [0, 0.1) is 5.95 Å². The summed E-state index contributed by atoms with van der Waals surface area (Å²) < 4.78 is 63.2. The molecule has 0 bridgehead atoms. The predicted octanol–water partition coefficient (Wildman–Crippen LogP) is 5.01. The van der Waals surface area contributed by atoms with Crippen LogP contribution in [0.25, 0.3) is 0 Å². The third-order valence-corrected chi connectivity index (χ3v) is 8.76. The van der Waals surface area contributed by atoms with Gasteiger partial charge in [-0.1, -0.05) is 76.2 Å². The number of methoxy groups -OCH3 is 3. The minimum atomic E-state index is -4.14. The van der Waals surface area contributed by atoms with E-state index in [1.54, 1.807) is 12.1 Å². The van der Waals surface area contributed by atoms with E-state index in [9.17, 15) is 32.0 Å². The number of carbonyl (C=O) groups is 4. The number of carbonyl (C=O) groups excluding carboxylic acids is 2. The number of hydrogen-bond acceptors (Lipinski definition) is 16. The molecule has 0 aliphatic carbocycles. The van der Waals surface area contributed by atoms with Crippen LogP contribution in [-0.2, 0) is 30.1 Å². The van der Waals surface area contributed by atoms with Crippen LogP contribution >= 0.6 is 58.0 Å². The number of ether oxygens (including phenoxy) is 5. The molecule has 0 saturated heterocycles. The lowest BCUT2D eigenvalue weighted by Crippen LogP contribution is -2.36. The van der Waals surface area contributed by atoms with Crippen LogP contribution < -0.4 is 34.7 Å². The average molecular weight is 922 g/mol. The number of nitrogens with two attached hydrogens (primary N) is 1. The number of halogens is 6. The number of anilines is 2. The van der Waals surface area contributed by atoms with Gasteiger partial charge < -0.3 is 39.6 Å². The zero-order chi connectivity index (χ0) is 43.0. The van der Waals surface area contributed by atoms with Crippen LogP contribution in [0.1, 0.15) is 15.9 Å². The number of nitrogens with one attached hydrogen (secondary N) is 2. The van der Waals surface area contributed by atoms with Crippen LogP contribution in [-0.4, -0.2) is 97.0 Å². The lowest BCUT2D eigenvalue weighted by atomic mass is 10.1. The van der Waals surface area contributed by atoms with Crippen molar-refractivity contribution in [1.82, 2.24) is 24.7 Å². The molecule has 0 aliphatic heterocycles. The first-order valence-electron chi connectivity index (χ1n) is 14.7. The zero-order valence-corrected chi connectivity index (χ0v) is 33.6. The van der Waals surface area contributed by atoms with Gasteiger partial charge in [-0.2, -0.15) is 24.3 Å². The minimum absolute atomic E-state index is 0.0106. The van der Waals surface area contributed by atoms with E-state index in [1.165, 1.54) is 45.6 Å². The summed E-state index contributed by atoms with van der Waals surface area (Å²) in [7, 11) is -0.243. The van der Waals surface area contributed by atoms with Gasteiger partial charge in [0.1, 0.15) is 15.1 Å². The molecule has 3 heterocycles. The van der Waals surface area contributed by atoms with E-state index in [0.717, 1.165) is 0 Å². The maximum atomic E-state index is 12.9. The highest BCUT2D eigenvalue weighted by Crippen LogP contribution is 2.35. The number of carboxylic acids is 2. The number of pyridine rings is 2. The molecule has 0 atom stereocenters. The van der Waals surface area contributed by atoms with Gasteiger partial charge in [-0.25, -0.2) is 32.3 Å². The molecule has 0 unspecified atom stereocenters. The number of sulfonamides is 1. The quantitative estimate of drug-likeness (QED) is 0.0870. The SMILES string of the molecule is COC(=O)c1ccccc1CS(=O)(=O)NC(=O)Nc1nc(OC)cc(OC)n1.Nc1c(Cl)c(F)nc(OCC(=O)O)c1Cl.O=C(O)COc1nc(Cl)c(Cl)cc1Cl. The van der Waals surface area contributed by atoms with Crippen molar-refractivity contribution in [2.45, 2.75) is 5.75 Å². The van der Waals surface area contributed by atoms with Crippen LogP contribution in [0.3, 0.4) is 0 Å². The highest BCUT2D eigenvalue weighted by molar-refractivity contribution is 7.89. The molecule has 0 fully saturated rings. The van der Waals surface area contributed by atoms with Gasteiger partial charge in [0, 0.05) is 0 Å². The second kappa shape index (κ2) is 22.4. The fourth-order valence-electron chi connectivity index (χ4n) is 3.53. The van der Waals surface area contributed by atoms with Crippen LogP contribution in [0.2, 0.25) is 25.2 Å². The smallest absolute Gasteiger partial charge is 0.341 e. The maximum Gasteiger partial charge on any atom is 0.341 e. The Morgan fingerprint density at radius 1 is 0.807 bits per heavy atom. The highest BCUT2D eigenvalue weighted by Gasteiger charge is 2.21. The maximum absolute atomic E-state index is 12.9. The van der Waals surface area contributed by atoms with E-state index < -0.39 is 69.8 Å². The number of aromatic nitrogens is 4. The number of rotatable bonds is 13. The van der Waals surface area contributed by atoms with Gasteiger partial charge in [0.25, 0.3) is 0 Å². The first kappa shape index (κ1) is 47.8. The van der Waals surface area contributed by atoms with Crippen molar-refractivity contribution in [3.8, 4) is 23.5 Å². The van der Waals surface area contributed by atoms with Gasteiger partial charge in [0.15, 0.2) is 18.4 Å². The molecule has 3 aromatic heterocycles. The number of nitrogens with zero attached hydrogens (tertiary/aromatic N) is 4. The van der Waals surface area contributed by atoms with E-state index >= 15 is 0 Å². The number of esters is 1. The molecule has 27 heteroatoms. The standard InChI is InChI=1S/C16H18N4O7S.C7H4Cl3NO3.C7H5Cl2FN2O3/c1-25-12-8-13(26-2)18-15(17-12)19-16(22)20-28(23,24)9-10-6-4-5-7-11(10)14(21)27-3;8-3-1-4(9)7(11-6(3)10)14-2-5(12)13;8-3-5(11)4(9)7(12-6(3)10)15-1-2(13)14/h4-8H,9H2,1-3H3,(H2,17,18,19,20,22);1H,2H2,(H,12,13);1H2,(H2,11,12)(H,13,14). The van der Waals surface area contributed by atoms with E-state index in [1.807, 2.05) is 4.72 Å². The number of aliphatic carboxylic acids is 2. The first-order chi connectivity index (χ1) is 26.7. The first-order valence-corrected chi connectivity index (χ1v) is 18.2. The minimum Gasteiger partial charge on any atom is -0.481 e. The molecule has 1 aromatic carbocycles. The molecule has 4 aromatic rings. The molecular weight excluding hydrogens is 895 g/mol. The molecule has 0 saturated carbocycles. The van der Waals surface area contributed by atoms with Crippen molar-refractivity contribution in [2.75, 3.05) is 45.6 Å². The summed E-state index contributed by atoms with van der Waals surface area (Å²) in [5, 5.41) is 18.5. The molecular formula is C30H27Cl5FN7O13S. The Labute approximate surface area is 346 Å². The van der Waals surface area contributed by atoms with Crippen LogP contribution in [0.5, 0.6) is 23.5 Å². The molecule has 6 N–H and O–H groups in total. The number of carboxylic acid groups (broad SMARTS) is 2. The fourth-order valence-corrected chi connectivity index (χ4v) is 5.52. The Balaban J connectivity index is 0.000000325. The molecule has 4 rings (SSSR count). The predicted molar refractivity (Wildman–Crippen MR) is 202 cm³/mol. The van der Waals surface area contributed by atoms with Gasteiger partial charge in [0.2, 0.25) is 45.4 Å². The van der Waals surface area contributed by atoms with Gasteiger partial charge in [-0.15, -0.1) is 0 Å². The molecule has 2 amide bonds. The van der Waals surface area contributed by atoms with E-state index in [4.69, 9.17) is 88.2 Å². The zero-order valence-electron chi connectivity index (χ0n) is 29.0. The lowest BCUT2D eigenvalue weighted by Gasteiger charge is -2.11. The Bertz CT molecular complexity index is 2200. The van der Waals surface area contributed by atoms with Gasteiger partial charge in [0.05, 0.1) is 49.4 Å². The normalized spacial score (nSPS) is 10.3. The Kier molecular flexibility index (Phi) is 18.7. The second-order valence-electron chi connectivity index (χ2n) is 9.90. The number of urea groups is 1. The Morgan fingerprint density at radius 2 is 1.37 bits per heavy atom. The van der Waals surface area contributed by atoms with E-state index in [-0.39, 0.29) is 60.6 Å². The number of amides is 2. The monoisotopic (exact) mass is 919 g/mol. The largest absolute Gasteiger partial charge is 0.481 e. The summed E-state index contributed by atoms with van der Waals surface area (Å²) in [5.41, 5.74) is 5.33. The van der Waals surface area contributed by atoms with Crippen LogP contribution in [0.4, 0.5) is 20.8 Å². The fraction of sp³-hybridized carbons (Fsp3) is 0.200. The van der Waals surface area contributed by atoms with Gasteiger partial charge in [-0.3, -0.25) is 5.32 Å². The average Bonchev–Trinajstić information content (AvgIpc) is 3.15. The van der Waals surface area contributed by atoms with Gasteiger partial charge >= 0.3 is 23.9 Å². The van der Waals surface area contributed by atoms with E-state index in [2.05, 4.69) is 34.7 Å².